The van der Waals surface area contributed by atoms with Crippen molar-refractivity contribution in [3.05, 3.63) is 34.2 Å². The van der Waals surface area contributed by atoms with Gasteiger partial charge in [-0.15, -0.1) is 11.3 Å². The predicted octanol–water partition coefficient (Wildman–Crippen LogP) is 2.78. The van der Waals surface area contributed by atoms with E-state index in [0.29, 0.717) is 12.6 Å². The third-order valence-electron chi connectivity index (χ3n) is 4.86. The van der Waals surface area contributed by atoms with Crippen molar-refractivity contribution in [2.45, 2.75) is 44.8 Å². The van der Waals surface area contributed by atoms with E-state index >= 15 is 0 Å². The molecule has 1 aliphatic carbocycles. The third-order valence-corrected chi connectivity index (χ3v) is 5.78. The van der Waals surface area contributed by atoms with Gasteiger partial charge in [0.05, 0.1) is 30.5 Å². The zero-order valence-electron chi connectivity index (χ0n) is 13.9. The largest absolute Gasteiger partial charge is 0.378 e. The van der Waals surface area contributed by atoms with Crippen LogP contribution in [0.3, 0.4) is 0 Å². The van der Waals surface area contributed by atoms with Gasteiger partial charge < -0.3 is 10.1 Å². The molecular weight excluding hydrogens is 322 g/mol. The molecular formula is C17H23N5OS. The highest BCUT2D eigenvalue weighted by Gasteiger charge is 2.28. The molecule has 0 bridgehead atoms. The Morgan fingerprint density at radius 2 is 2.29 bits per heavy atom. The van der Waals surface area contributed by atoms with Crippen LogP contribution in [-0.2, 0) is 11.3 Å². The summed E-state index contributed by atoms with van der Waals surface area (Å²) in [5.74, 6) is 1.78. The van der Waals surface area contributed by atoms with E-state index < -0.39 is 0 Å². The van der Waals surface area contributed by atoms with Gasteiger partial charge >= 0.3 is 0 Å². The second-order valence-corrected chi connectivity index (χ2v) is 7.43. The number of thiazole rings is 1. The number of aryl methyl sites for hydroxylation is 1. The molecule has 1 saturated carbocycles. The van der Waals surface area contributed by atoms with Gasteiger partial charge in [0, 0.05) is 30.2 Å². The highest BCUT2D eigenvalue weighted by atomic mass is 32.1. The fourth-order valence-electron chi connectivity index (χ4n) is 3.10. The highest BCUT2D eigenvalue weighted by molar-refractivity contribution is 7.09. The molecule has 1 N–H and O–H groups in total. The number of hydrogen-bond acceptors (Lipinski definition) is 7. The first kappa shape index (κ1) is 15.9. The first-order chi connectivity index (χ1) is 11.8. The molecule has 128 valence electrons. The van der Waals surface area contributed by atoms with Crippen molar-refractivity contribution in [3.8, 4) is 0 Å². The molecule has 0 unspecified atom stereocenters. The molecule has 4 rings (SSSR count). The van der Waals surface area contributed by atoms with Crippen molar-refractivity contribution in [2.75, 3.05) is 25.1 Å². The average molecular weight is 345 g/mol. The lowest BCUT2D eigenvalue weighted by Crippen LogP contribution is -2.40. The summed E-state index contributed by atoms with van der Waals surface area (Å²) in [5.41, 5.74) is 3.03. The van der Waals surface area contributed by atoms with E-state index in [-0.39, 0.29) is 6.04 Å². The fraction of sp³-hybridized carbons (Fsp3) is 0.588. The molecule has 0 radical (unpaired) electrons. The number of rotatable bonds is 5. The van der Waals surface area contributed by atoms with E-state index in [1.54, 1.807) is 11.3 Å². The van der Waals surface area contributed by atoms with E-state index in [1.165, 1.54) is 24.1 Å². The van der Waals surface area contributed by atoms with Gasteiger partial charge in [-0.25, -0.2) is 15.0 Å². The number of nitrogens with one attached hydrogen (secondary N) is 1. The van der Waals surface area contributed by atoms with Crippen molar-refractivity contribution >= 4 is 17.2 Å². The summed E-state index contributed by atoms with van der Waals surface area (Å²) < 4.78 is 5.72. The fourth-order valence-corrected chi connectivity index (χ4v) is 3.91. The van der Waals surface area contributed by atoms with Gasteiger partial charge in [-0.2, -0.15) is 0 Å². The van der Waals surface area contributed by atoms with E-state index in [9.17, 15) is 0 Å². The lowest BCUT2D eigenvalue weighted by atomic mass is 9.93. The first-order valence-corrected chi connectivity index (χ1v) is 9.48. The average Bonchev–Trinajstić information content (AvgIpc) is 2.97. The summed E-state index contributed by atoms with van der Waals surface area (Å²) in [5, 5.41) is 3.51. The van der Waals surface area contributed by atoms with Crippen LogP contribution < -0.4 is 5.32 Å². The summed E-state index contributed by atoms with van der Waals surface area (Å²) in [6.07, 6.45) is 5.65. The Bertz CT molecular complexity index is 687. The first-order valence-electron chi connectivity index (χ1n) is 8.60. The van der Waals surface area contributed by atoms with Crippen molar-refractivity contribution in [2.24, 2.45) is 0 Å². The number of ether oxygens (including phenoxy) is 1. The van der Waals surface area contributed by atoms with Gasteiger partial charge in [0.15, 0.2) is 0 Å². The van der Waals surface area contributed by atoms with Crippen LogP contribution in [0.25, 0.3) is 0 Å². The van der Waals surface area contributed by atoms with Gasteiger partial charge in [-0.3, -0.25) is 4.90 Å². The van der Waals surface area contributed by atoms with Gasteiger partial charge in [0.2, 0.25) is 0 Å². The number of hydrogen-bond donors (Lipinski definition) is 1. The van der Waals surface area contributed by atoms with Crippen LogP contribution in [0.5, 0.6) is 0 Å². The maximum absolute atomic E-state index is 5.72. The Morgan fingerprint density at radius 3 is 3.04 bits per heavy atom. The molecule has 0 spiro atoms. The molecule has 2 aliphatic rings. The van der Waals surface area contributed by atoms with Crippen molar-refractivity contribution in [1.29, 1.82) is 0 Å². The highest BCUT2D eigenvalue weighted by Crippen LogP contribution is 2.27. The maximum Gasteiger partial charge on any atom is 0.150 e. The zero-order chi connectivity index (χ0) is 16.4. The smallest absolute Gasteiger partial charge is 0.150 e. The standard InChI is InChI=1S/C17H23N5OS/c1-12-15(24-11-19-12)9-22-7-8-23-10-14(22)17-18-6-5-16(21-17)20-13-3-2-4-13/h5-6,11,13-14H,2-4,7-10H2,1H3,(H,18,20,21)/t14-/m0/s1. The molecule has 1 aliphatic heterocycles. The molecule has 2 aromatic rings. The van der Waals surface area contributed by atoms with Crippen molar-refractivity contribution < 1.29 is 4.74 Å². The Morgan fingerprint density at radius 1 is 1.38 bits per heavy atom. The van der Waals surface area contributed by atoms with Gasteiger partial charge in [0.1, 0.15) is 11.6 Å². The van der Waals surface area contributed by atoms with Gasteiger partial charge in [0.25, 0.3) is 0 Å². The summed E-state index contributed by atoms with van der Waals surface area (Å²) >= 11 is 1.72. The monoisotopic (exact) mass is 345 g/mol. The minimum atomic E-state index is 0.100. The van der Waals surface area contributed by atoms with Crippen LogP contribution in [0.4, 0.5) is 5.82 Å². The quantitative estimate of drug-likeness (QED) is 0.899. The normalized spacial score (nSPS) is 22.3. The SMILES string of the molecule is Cc1ncsc1CN1CCOC[C@H]1c1nccc(NC2CCC2)n1. The summed E-state index contributed by atoms with van der Waals surface area (Å²) in [6.45, 7) is 5.25. The minimum Gasteiger partial charge on any atom is -0.378 e. The molecule has 2 aromatic heterocycles. The van der Waals surface area contributed by atoms with Crippen molar-refractivity contribution in [3.63, 3.8) is 0 Å². The van der Waals surface area contributed by atoms with E-state index in [0.717, 1.165) is 37.0 Å². The molecule has 7 heteroatoms. The topological polar surface area (TPSA) is 63.2 Å². The Balaban J connectivity index is 1.51. The van der Waals surface area contributed by atoms with Crippen LogP contribution >= 0.6 is 11.3 Å². The molecule has 1 atom stereocenters. The summed E-state index contributed by atoms with van der Waals surface area (Å²) in [6, 6.07) is 2.64. The maximum atomic E-state index is 5.72. The Hall–Kier alpha value is -1.57. The summed E-state index contributed by atoms with van der Waals surface area (Å²) in [4.78, 5) is 17.4. The lowest BCUT2D eigenvalue weighted by Gasteiger charge is -2.34. The van der Waals surface area contributed by atoms with E-state index in [1.807, 2.05) is 17.8 Å². The molecule has 0 amide bonds. The van der Waals surface area contributed by atoms with Crippen LogP contribution in [0.1, 0.15) is 41.7 Å². The molecule has 6 nitrogen and oxygen atoms in total. The zero-order valence-corrected chi connectivity index (χ0v) is 14.8. The second-order valence-electron chi connectivity index (χ2n) is 6.49. The Labute approximate surface area is 146 Å². The number of anilines is 1. The number of nitrogens with zero attached hydrogens (tertiary/aromatic N) is 4. The van der Waals surface area contributed by atoms with E-state index in [2.05, 4.69) is 27.1 Å². The van der Waals surface area contributed by atoms with Crippen LogP contribution in [0, 0.1) is 6.92 Å². The minimum absolute atomic E-state index is 0.100. The Kier molecular flexibility index (Phi) is 4.73. The van der Waals surface area contributed by atoms with Crippen molar-refractivity contribution in [1.82, 2.24) is 19.9 Å². The molecule has 1 saturated heterocycles. The lowest BCUT2D eigenvalue weighted by molar-refractivity contribution is -0.0155. The van der Waals surface area contributed by atoms with Crippen LogP contribution in [-0.4, -0.2) is 45.7 Å². The molecule has 24 heavy (non-hydrogen) atoms. The predicted molar refractivity (Wildman–Crippen MR) is 94.1 cm³/mol. The summed E-state index contributed by atoms with van der Waals surface area (Å²) in [7, 11) is 0. The third kappa shape index (κ3) is 3.43. The van der Waals surface area contributed by atoms with Gasteiger partial charge in [-0.05, 0) is 32.3 Å². The van der Waals surface area contributed by atoms with Crippen LogP contribution in [0.15, 0.2) is 17.8 Å². The second kappa shape index (κ2) is 7.13. The number of aromatic nitrogens is 3. The molecule has 2 fully saturated rings. The van der Waals surface area contributed by atoms with Crippen LogP contribution in [0.2, 0.25) is 0 Å². The van der Waals surface area contributed by atoms with Gasteiger partial charge in [-0.1, -0.05) is 0 Å². The van der Waals surface area contributed by atoms with E-state index in [4.69, 9.17) is 9.72 Å². The molecule has 3 heterocycles. The number of morpholine rings is 1. The molecule has 0 aromatic carbocycles.